The van der Waals surface area contributed by atoms with E-state index in [0.29, 0.717) is 6.54 Å². The monoisotopic (exact) mass is 443 g/mol. The van der Waals surface area contributed by atoms with Gasteiger partial charge < -0.3 is 10.5 Å². The Hall–Kier alpha value is -3.31. The van der Waals surface area contributed by atoms with Crippen LogP contribution in [0.15, 0.2) is 78.9 Å². The van der Waals surface area contributed by atoms with Crippen molar-refractivity contribution in [2.75, 3.05) is 25.1 Å². The van der Waals surface area contributed by atoms with E-state index in [4.69, 9.17) is 10.5 Å². The summed E-state index contributed by atoms with van der Waals surface area (Å²) in [5.74, 6) is 1.50. The van der Waals surface area contributed by atoms with E-state index >= 15 is 0 Å². The lowest BCUT2D eigenvalue weighted by atomic mass is 9.90. The summed E-state index contributed by atoms with van der Waals surface area (Å²) in [4.78, 5) is 16.4. The molecule has 3 aromatic carbocycles. The molecule has 1 heterocycles. The molecule has 0 atom stereocenters. The Kier molecular flexibility index (Phi) is 7.63. The number of nitrogens with two attached hydrogens (primary N) is 1. The lowest BCUT2D eigenvalue weighted by Crippen LogP contribution is -2.36. The lowest BCUT2D eigenvalue weighted by Gasteiger charge is -2.33. The van der Waals surface area contributed by atoms with E-state index in [-0.39, 0.29) is 0 Å². The van der Waals surface area contributed by atoms with Gasteiger partial charge in [0.2, 0.25) is 0 Å². The fourth-order valence-electron chi connectivity index (χ4n) is 4.63. The molecular formula is C28H33N3O2. The molecule has 2 amide bonds. The second-order valence-electron chi connectivity index (χ2n) is 8.80. The Morgan fingerprint density at radius 3 is 2.21 bits per heavy atom. The van der Waals surface area contributed by atoms with Crippen LogP contribution in [0, 0.1) is 5.92 Å². The number of carbonyl (C=O) groups is 1. The number of primary amides is 1. The van der Waals surface area contributed by atoms with Crippen molar-refractivity contribution < 1.29 is 9.53 Å². The van der Waals surface area contributed by atoms with Crippen LogP contribution in [-0.2, 0) is 19.5 Å². The summed E-state index contributed by atoms with van der Waals surface area (Å²) in [6.07, 6.45) is 3.60. The molecule has 1 saturated heterocycles. The van der Waals surface area contributed by atoms with Gasteiger partial charge in [-0.3, -0.25) is 9.80 Å². The van der Waals surface area contributed by atoms with Crippen LogP contribution in [0.2, 0.25) is 0 Å². The van der Waals surface area contributed by atoms with Crippen LogP contribution in [0.5, 0.6) is 5.75 Å². The van der Waals surface area contributed by atoms with E-state index in [1.165, 1.54) is 30.4 Å². The zero-order valence-corrected chi connectivity index (χ0v) is 19.3. The first-order valence-electron chi connectivity index (χ1n) is 11.7. The third-order valence-corrected chi connectivity index (χ3v) is 6.57. The number of ether oxygens (including phenoxy) is 1. The molecule has 0 spiro atoms. The molecule has 33 heavy (non-hydrogen) atoms. The number of benzene rings is 3. The molecule has 1 aliphatic heterocycles. The fraction of sp³-hybridized carbons (Fsp3) is 0.321. The average molecular weight is 444 g/mol. The van der Waals surface area contributed by atoms with Gasteiger partial charge in [0.1, 0.15) is 5.75 Å². The Balaban J connectivity index is 1.39. The SMILES string of the molecule is COc1ccc(N(Cc2ccccc2CN2CCC(Cc3ccccc3)CC2)C(N)=O)cc1. The minimum atomic E-state index is -0.461. The Morgan fingerprint density at radius 1 is 0.939 bits per heavy atom. The number of urea groups is 1. The fourth-order valence-corrected chi connectivity index (χ4v) is 4.63. The highest BCUT2D eigenvalue weighted by atomic mass is 16.5. The Bertz CT molecular complexity index is 1030. The van der Waals surface area contributed by atoms with Crippen molar-refractivity contribution in [2.45, 2.75) is 32.4 Å². The quantitative estimate of drug-likeness (QED) is 0.518. The summed E-state index contributed by atoms with van der Waals surface area (Å²) in [5, 5.41) is 0. The molecular weight excluding hydrogens is 410 g/mol. The van der Waals surface area contributed by atoms with E-state index < -0.39 is 6.03 Å². The average Bonchev–Trinajstić information content (AvgIpc) is 2.85. The minimum Gasteiger partial charge on any atom is -0.497 e. The molecule has 1 fully saturated rings. The van der Waals surface area contributed by atoms with Crippen molar-refractivity contribution in [1.82, 2.24) is 4.90 Å². The summed E-state index contributed by atoms with van der Waals surface area (Å²) in [5.41, 5.74) is 10.3. The zero-order valence-electron chi connectivity index (χ0n) is 19.3. The molecule has 3 aromatic rings. The molecule has 5 heteroatoms. The largest absolute Gasteiger partial charge is 0.497 e. The third kappa shape index (κ3) is 6.14. The van der Waals surface area contributed by atoms with E-state index in [1.54, 1.807) is 12.0 Å². The summed E-state index contributed by atoms with van der Waals surface area (Å²) in [7, 11) is 1.63. The van der Waals surface area contributed by atoms with Crippen LogP contribution < -0.4 is 15.4 Å². The van der Waals surface area contributed by atoms with Gasteiger partial charge in [0, 0.05) is 12.2 Å². The van der Waals surface area contributed by atoms with Crippen molar-refractivity contribution >= 4 is 11.7 Å². The number of hydrogen-bond donors (Lipinski definition) is 1. The highest BCUT2D eigenvalue weighted by Gasteiger charge is 2.21. The summed E-state index contributed by atoms with van der Waals surface area (Å²) in [6.45, 7) is 3.54. The van der Waals surface area contributed by atoms with Gasteiger partial charge >= 0.3 is 6.03 Å². The zero-order chi connectivity index (χ0) is 23.0. The summed E-state index contributed by atoms with van der Waals surface area (Å²) in [6, 6.07) is 26.1. The molecule has 0 aliphatic carbocycles. The maximum atomic E-state index is 12.3. The van der Waals surface area contributed by atoms with E-state index in [1.807, 2.05) is 30.3 Å². The van der Waals surface area contributed by atoms with Crippen molar-refractivity contribution in [2.24, 2.45) is 11.7 Å². The van der Waals surface area contributed by atoms with Crippen LogP contribution in [-0.4, -0.2) is 31.1 Å². The number of rotatable bonds is 8. The van der Waals surface area contributed by atoms with Gasteiger partial charge in [-0.2, -0.15) is 0 Å². The number of likely N-dealkylation sites (tertiary alicyclic amines) is 1. The first kappa shape index (κ1) is 22.9. The Morgan fingerprint density at radius 2 is 1.58 bits per heavy atom. The van der Waals surface area contributed by atoms with Gasteiger partial charge in [0.25, 0.3) is 0 Å². The molecule has 0 aromatic heterocycles. The molecule has 0 radical (unpaired) electrons. The van der Waals surface area contributed by atoms with Gasteiger partial charge in [-0.15, -0.1) is 0 Å². The minimum absolute atomic E-state index is 0.447. The van der Waals surface area contributed by atoms with E-state index in [0.717, 1.165) is 42.6 Å². The number of anilines is 1. The number of piperidine rings is 1. The topological polar surface area (TPSA) is 58.8 Å². The van der Waals surface area contributed by atoms with Crippen molar-refractivity contribution in [3.8, 4) is 5.75 Å². The molecule has 0 unspecified atom stereocenters. The van der Waals surface area contributed by atoms with Gasteiger partial charge in [-0.1, -0.05) is 54.6 Å². The molecule has 0 saturated carbocycles. The van der Waals surface area contributed by atoms with Gasteiger partial charge in [-0.05, 0) is 79.2 Å². The molecule has 2 N–H and O–H groups in total. The summed E-state index contributed by atoms with van der Waals surface area (Å²) >= 11 is 0. The highest BCUT2D eigenvalue weighted by Crippen LogP contribution is 2.25. The van der Waals surface area contributed by atoms with Crippen molar-refractivity contribution in [1.29, 1.82) is 0 Å². The number of methoxy groups -OCH3 is 1. The van der Waals surface area contributed by atoms with Gasteiger partial charge in [0.05, 0.1) is 13.7 Å². The van der Waals surface area contributed by atoms with Crippen LogP contribution in [0.25, 0.3) is 0 Å². The molecule has 5 nitrogen and oxygen atoms in total. The number of carbonyl (C=O) groups excluding carboxylic acids is 1. The number of amides is 2. The number of hydrogen-bond acceptors (Lipinski definition) is 3. The first-order valence-corrected chi connectivity index (χ1v) is 11.7. The maximum absolute atomic E-state index is 12.3. The first-order chi connectivity index (χ1) is 16.1. The predicted octanol–water partition coefficient (Wildman–Crippen LogP) is 5.24. The van der Waals surface area contributed by atoms with E-state index in [9.17, 15) is 4.79 Å². The second-order valence-corrected chi connectivity index (χ2v) is 8.80. The normalized spacial score (nSPS) is 14.7. The summed E-state index contributed by atoms with van der Waals surface area (Å²) < 4.78 is 5.23. The van der Waals surface area contributed by atoms with Crippen molar-refractivity contribution in [3.05, 3.63) is 95.6 Å². The van der Waals surface area contributed by atoms with Crippen LogP contribution >= 0.6 is 0 Å². The molecule has 4 rings (SSSR count). The van der Waals surface area contributed by atoms with Crippen LogP contribution in [0.4, 0.5) is 10.5 Å². The van der Waals surface area contributed by atoms with Gasteiger partial charge in [0.15, 0.2) is 0 Å². The number of nitrogens with zero attached hydrogens (tertiary/aromatic N) is 2. The lowest BCUT2D eigenvalue weighted by molar-refractivity contribution is 0.176. The predicted molar refractivity (Wildman–Crippen MR) is 133 cm³/mol. The van der Waals surface area contributed by atoms with Crippen LogP contribution in [0.3, 0.4) is 0 Å². The third-order valence-electron chi connectivity index (χ3n) is 6.57. The molecule has 1 aliphatic rings. The van der Waals surface area contributed by atoms with Crippen molar-refractivity contribution in [3.63, 3.8) is 0 Å². The maximum Gasteiger partial charge on any atom is 0.319 e. The molecule has 0 bridgehead atoms. The second kappa shape index (κ2) is 11.0. The Labute approximate surface area is 196 Å². The van der Waals surface area contributed by atoms with Gasteiger partial charge in [-0.25, -0.2) is 4.79 Å². The smallest absolute Gasteiger partial charge is 0.319 e. The van der Waals surface area contributed by atoms with Crippen LogP contribution in [0.1, 0.15) is 29.5 Å². The highest BCUT2D eigenvalue weighted by molar-refractivity contribution is 5.90. The molecule has 172 valence electrons. The van der Waals surface area contributed by atoms with E-state index in [2.05, 4.69) is 53.4 Å². The standard InChI is InChI=1S/C28H33N3O2/c1-33-27-13-11-26(12-14-27)31(28(29)32)21-25-10-6-5-9-24(25)20-30-17-15-23(16-18-30)19-22-7-3-2-4-8-22/h2-14,23H,15-21H2,1H3,(H2,29,32).